The Morgan fingerprint density at radius 3 is 2.57 bits per heavy atom. The summed E-state index contributed by atoms with van der Waals surface area (Å²) in [4.78, 5) is 25.7. The molecule has 1 aromatic rings. The zero-order chi connectivity index (χ0) is 16.3. The Labute approximate surface area is 135 Å². The number of carboxylic acid groups (broad SMARTS) is 1. The Bertz CT molecular complexity index is 594. The van der Waals surface area contributed by atoms with E-state index in [0.717, 1.165) is 12.8 Å². The second-order valence-electron chi connectivity index (χ2n) is 6.28. The van der Waals surface area contributed by atoms with E-state index >= 15 is 0 Å². The van der Waals surface area contributed by atoms with Gasteiger partial charge in [0.2, 0.25) is 0 Å². The molecule has 1 spiro atoms. The first kappa shape index (κ1) is 16.0. The molecule has 0 unspecified atom stereocenters. The molecule has 1 aromatic carbocycles. The first-order valence-electron chi connectivity index (χ1n) is 7.88. The highest BCUT2D eigenvalue weighted by molar-refractivity contribution is 5.97. The molecule has 0 saturated carbocycles. The number of nitrogens with zero attached hydrogens (tertiary/aromatic N) is 1. The summed E-state index contributed by atoms with van der Waals surface area (Å²) in [5, 5.41) is 9.09. The van der Waals surface area contributed by atoms with Gasteiger partial charge in [0, 0.05) is 37.3 Å². The minimum atomic E-state index is -1.03. The van der Waals surface area contributed by atoms with E-state index in [1.54, 1.807) is 17.0 Å². The lowest BCUT2D eigenvalue weighted by molar-refractivity contribution is -0.0304. The topological polar surface area (TPSA) is 76.1 Å². The van der Waals surface area contributed by atoms with E-state index in [0.29, 0.717) is 45.1 Å². The summed E-state index contributed by atoms with van der Waals surface area (Å²) >= 11 is 0. The van der Waals surface area contributed by atoms with Crippen molar-refractivity contribution in [3.8, 4) is 0 Å². The van der Waals surface area contributed by atoms with E-state index in [4.69, 9.17) is 14.6 Å². The van der Waals surface area contributed by atoms with Gasteiger partial charge < -0.3 is 19.5 Å². The fourth-order valence-electron chi connectivity index (χ4n) is 3.24. The lowest BCUT2D eigenvalue weighted by atomic mass is 9.80. The Kier molecular flexibility index (Phi) is 4.63. The van der Waals surface area contributed by atoms with Gasteiger partial charge in [-0.3, -0.25) is 4.79 Å². The molecule has 124 valence electrons. The van der Waals surface area contributed by atoms with Crippen LogP contribution in [0.25, 0.3) is 0 Å². The van der Waals surface area contributed by atoms with Gasteiger partial charge in [0.05, 0.1) is 18.8 Å². The molecule has 0 bridgehead atoms. The van der Waals surface area contributed by atoms with Crippen LogP contribution in [0.3, 0.4) is 0 Å². The van der Waals surface area contributed by atoms with E-state index in [1.165, 1.54) is 12.1 Å². The monoisotopic (exact) mass is 319 g/mol. The Morgan fingerprint density at radius 2 is 1.83 bits per heavy atom. The van der Waals surface area contributed by atoms with Crippen molar-refractivity contribution in [3.63, 3.8) is 0 Å². The van der Waals surface area contributed by atoms with Crippen LogP contribution in [0.5, 0.6) is 0 Å². The largest absolute Gasteiger partial charge is 0.478 e. The van der Waals surface area contributed by atoms with Crippen LogP contribution in [0.4, 0.5) is 0 Å². The fourth-order valence-corrected chi connectivity index (χ4v) is 3.24. The summed E-state index contributed by atoms with van der Waals surface area (Å²) in [6, 6.07) is 6.20. The molecular weight excluding hydrogens is 298 g/mol. The van der Waals surface area contributed by atoms with Gasteiger partial charge in [0.1, 0.15) is 0 Å². The van der Waals surface area contributed by atoms with Crippen LogP contribution in [0.15, 0.2) is 24.3 Å². The zero-order valence-corrected chi connectivity index (χ0v) is 13.0. The van der Waals surface area contributed by atoms with Gasteiger partial charge in [-0.1, -0.05) is 6.07 Å². The van der Waals surface area contributed by atoms with Gasteiger partial charge in [-0.15, -0.1) is 0 Å². The zero-order valence-electron chi connectivity index (χ0n) is 13.0. The summed E-state index contributed by atoms with van der Waals surface area (Å²) in [5.74, 6) is -1.16. The molecule has 0 radical (unpaired) electrons. The standard InChI is InChI=1S/C17H21NO5/c19-15(13-2-1-3-14(10-13)16(20)21)18-6-9-23-12-17(11-18)4-7-22-8-5-17/h1-3,10H,4-9,11-12H2,(H,20,21). The van der Waals surface area contributed by atoms with Crippen LogP contribution in [0.2, 0.25) is 0 Å². The predicted molar refractivity (Wildman–Crippen MR) is 82.6 cm³/mol. The number of benzene rings is 1. The summed E-state index contributed by atoms with van der Waals surface area (Å²) in [5.41, 5.74) is 0.492. The number of ether oxygens (including phenoxy) is 2. The van der Waals surface area contributed by atoms with Crippen molar-refractivity contribution in [1.29, 1.82) is 0 Å². The number of carbonyl (C=O) groups is 2. The highest BCUT2D eigenvalue weighted by Crippen LogP contribution is 2.33. The average molecular weight is 319 g/mol. The summed E-state index contributed by atoms with van der Waals surface area (Å²) in [6.45, 7) is 3.70. The van der Waals surface area contributed by atoms with Crippen molar-refractivity contribution in [2.75, 3.05) is 39.5 Å². The molecule has 6 nitrogen and oxygen atoms in total. The van der Waals surface area contributed by atoms with E-state index in [1.807, 2.05) is 0 Å². The molecule has 2 aliphatic rings. The lowest BCUT2D eigenvalue weighted by Gasteiger charge is -2.38. The Morgan fingerprint density at radius 1 is 1.09 bits per heavy atom. The highest BCUT2D eigenvalue weighted by Gasteiger charge is 2.38. The third kappa shape index (κ3) is 3.54. The summed E-state index contributed by atoms with van der Waals surface area (Å²) in [7, 11) is 0. The first-order chi connectivity index (χ1) is 11.1. The number of amides is 1. The van der Waals surface area contributed by atoms with Crippen LogP contribution in [-0.2, 0) is 9.47 Å². The summed E-state index contributed by atoms with van der Waals surface area (Å²) in [6.07, 6.45) is 1.76. The van der Waals surface area contributed by atoms with E-state index in [9.17, 15) is 9.59 Å². The maximum atomic E-state index is 12.8. The van der Waals surface area contributed by atoms with Gasteiger partial charge in [-0.2, -0.15) is 0 Å². The van der Waals surface area contributed by atoms with Crippen molar-refractivity contribution in [2.24, 2.45) is 5.41 Å². The molecule has 2 aliphatic heterocycles. The number of carbonyl (C=O) groups excluding carboxylic acids is 1. The maximum Gasteiger partial charge on any atom is 0.335 e. The third-order valence-electron chi connectivity index (χ3n) is 4.64. The van der Waals surface area contributed by atoms with Crippen LogP contribution in [0, 0.1) is 5.41 Å². The number of rotatable bonds is 2. The molecule has 0 aromatic heterocycles. The SMILES string of the molecule is O=C(O)c1cccc(C(=O)N2CCOCC3(CCOCC3)C2)c1. The molecule has 23 heavy (non-hydrogen) atoms. The van der Waals surface area contributed by atoms with Crippen molar-refractivity contribution in [1.82, 2.24) is 4.90 Å². The van der Waals surface area contributed by atoms with E-state index in [2.05, 4.69) is 0 Å². The Hall–Kier alpha value is -1.92. The molecule has 1 N–H and O–H groups in total. The number of aromatic carboxylic acids is 1. The maximum absolute atomic E-state index is 12.8. The van der Waals surface area contributed by atoms with Crippen LogP contribution in [-0.4, -0.2) is 61.4 Å². The molecule has 2 heterocycles. The van der Waals surface area contributed by atoms with Gasteiger partial charge in [-0.05, 0) is 31.0 Å². The fraction of sp³-hybridized carbons (Fsp3) is 0.529. The molecule has 1 amide bonds. The second kappa shape index (κ2) is 6.68. The molecular formula is C17H21NO5. The summed E-state index contributed by atoms with van der Waals surface area (Å²) < 4.78 is 11.2. The van der Waals surface area contributed by atoms with Crippen molar-refractivity contribution < 1.29 is 24.2 Å². The van der Waals surface area contributed by atoms with Crippen LogP contribution < -0.4 is 0 Å². The molecule has 0 aliphatic carbocycles. The second-order valence-corrected chi connectivity index (χ2v) is 6.28. The molecule has 2 fully saturated rings. The minimum absolute atomic E-state index is 0.0468. The van der Waals surface area contributed by atoms with Crippen molar-refractivity contribution >= 4 is 11.9 Å². The molecule has 6 heteroatoms. The van der Waals surface area contributed by atoms with Crippen LogP contribution in [0.1, 0.15) is 33.6 Å². The van der Waals surface area contributed by atoms with Gasteiger partial charge in [0.15, 0.2) is 0 Å². The highest BCUT2D eigenvalue weighted by atomic mass is 16.5. The minimum Gasteiger partial charge on any atom is -0.478 e. The normalized spacial score (nSPS) is 21.0. The number of carboxylic acids is 1. The van der Waals surface area contributed by atoms with Gasteiger partial charge in [0.25, 0.3) is 5.91 Å². The number of hydrogen-bond donors (Lipinski definition) is 1. The molecule has 3 rings (SSSR count). The smallest absolute Gasteiger partial charge is 0.335 e. The van der Waals surface area contributed by atoms with Gasteiger partial charge >= 0.3 is 5.97 Å². The van der Waals surface area contributed by atoms with Crippen LogP contribution >= 0.6 is 0 Å². The molecule has 0 atom stereocenters. The number of hydrogen-bond acceptors (Lipinski definition) is 4. The van der Waals surface area contributed by atoms with E-state index < -0.39 is 5.97 Å². The molecule has 2 saturated heterocycles. The Balaban J connectivity index is 1.80. The average Bonchev–Trinajstić information content (AvgIpc) is 2.78. The first-order valence-corrected chi connectivity index (χ1v) is 7.88. The lowest BCUT2D eigenvalue weighted by Crippen LogP contribution is -2.44. The van der Waals surface area contributed by atoms with E-state index in [-0.39, 0.29) is 16.9 Å². The quantitative estimate of drug-likeness (QED) is 0.897. The van der Waals surface area contributed by atoms with Crippen molar-refractivity contribution in [2.45, 2.75) is 12.8 Å². The third-order valence-corrected chi connectivity index (χ3v) is 4.64. The van der Waals surface area contributed by atoms with Crippen molar-refractivity contribution in [3.05, 3.63) is 35.4 Å². The predicted octanol–water partition coefficient (Wildman–Crippen LogP) is 1.65. The van der Waals surface area contributed by atoms with Gasteiger partial charge in [-0.25, -0.2) is 4.79 Å².